The molecule has 2 aliphatic rings. The molecule has 0 unspecified atom stereocenters. The molecule has 29 heavy (non-hydrogen) atoms. The number of hydrogen-bond acceptors (Lipinski definition) is 1. The Kier molecular flexibility index (Phi) is 3.36. The molecule has 0 saturated heterocycles. The van der Waals surface area contributed by atoms with Crippen molar-refractivity contribution in [3.63, 3.8) is 0 Å². The normalized spacial score (nSPS) is 14.2. The molecule has 139 valence electrons. The number of aromatic nitrogens is 2. The van der Waals surface area contributed by atoms with Gasteiger partial charge in [0.05, 0.1) is 11.1 Å². The molecule has 0 saturated carbocycles. The fourth-order valence-corrected chi connectivity index (χ4v) is 5.46. The van der Waals surface area contributed by atoms with Gasteiger partial charge in [-0.25, -0.2) is 0 Å². The zero-order chi connectivity index (χ0) is 18.3. The first-order valence-electron chi connectivity index (χ1n) is 9.62. The standard InChI is InChI=1S/C26H15N2.Ir/c1-4-11-19-16(8-1)17-9-2-5-12-20(17)26(19)21-13-7-15-27-24(21)25-23(26)18-10-3-6-14-22(18)28-25;/h1-15H;/q-1;. The Morgan fingerprint density at radius 3 is 2.03 bits per heavy atom. The van der Waals surface area contributed by atoms with Gasteiger partial charge in [0, 0.05) is 26.3 Å². The van der Waals surface area contributed by atoms with Crippen molar-refractivity contribution in [2.75, 3.05) is 0 Å². The maximum absolute atomic E-state index is 5.04. The van der Waals surface area contributed by atoms with Crippen molar-refractivity contribution < 1.29 is 20.1 Å². The SMILES string of the molecule is [Ir].c1ccc2c(c1)-c1ccccc1C21c2cccnc2-c2[n-]c3ccccc3c21. The monoisotopic (exact) mass is 548 g/mol. The first-order chi connectivity index (χ1) is 13.9. The minimum absolute atomic E-state index is 0. The van der Waals surface area contributed by atoms with Gasteiger partial charge in [0.2, 0.25) is 0 Å². The van der Waals surface area contributed by atoms with Crippen LogP contribution in [0, 0.1) is 0 Å². The fourth-order valence-electron chi connectivity index (χ4n) is 5.46. The number of pyridine rings is 1. The van der Waals surface area contributed by atoms with E-state index in [-0.39, 0.29) is 25.5 Å². The van der Waals surface area contributed by atoms with E-state index < -0.39 is 0 Å². The molecule has 2 nitrogen and oxygen atoms in total. The second-order valence-corrected chi connectivity index (χ2v) is 7.59. The number of para-hydroxylation sites is 1. The van der Waals surface area contributed by atoms with Gasteiger partial charge in [0.15, 0.2) is 0 Å². The van der Waals surface area contributed by atoms with Gasteiger partial charge >= 0.3 is 0 Å². The molecular formula is C26H15IrN2-. The van der Waals surface area contributed by atoms with Gasteiger partial charge < -0.3 is 4.98 Å². The quantitative estimate of drug-likeness (QED) is 0.250. The predicted molar refractivity (Wildman–Crippen MR) is 111 cm³/mol. The summed E-state index contributed by atoms with van der Waals surface area (Å²) in [5, 5.41) is 1.22. The number of benzene rings is 3. The van der Waals surface area contributed by atoms with E-state index in [1.165, 1.54) is 38.8 Å². The summed E-state index contributed by atoms with van der Waals surface area (Å²) in [6.07, 6.45) is 1.88. The zero-order valence-electron chi connectivity index (χ0n) is 15.4. The average molecular weight is 548 g/mol. The minimum Gasteiger partial charge on any atom is -0.655 e. The molecule has 2 aliphatic carbocycles. The third kappa shape index (κ3) is 1.83. The molecule has 5 aromatic rings. The Labute approximate surface area is 182 Å². The summed E-state index contributed by atoms with van der Waals surface area (Å²) in [5.41, 5.74) is 10.6. The maximum Gasteiger partial charge on any atom is 0.0728 e. The molecule has 2 heterocycles. The first-order valence-corrected chi connectivity index (χ1v) is 9.62. The summed E-state index contributed by atoms with van der Waals surface area (Å²) < 4.78 is 0. The Hall–Kier alpha value is -3.00. The Balaban J connectivity index is 0.00000165. The summed E-state index contributed by atoms with van der Waals surface area (Å²) in [5.74, 6) is 0. The third-order valence-electron chi connectivity index (χ3n) is 6.41. The van der Waals surface area contributed by atoms with E-state index in [1.54, 1.807) is 0 Å². The Morgan fingerprint density at radius 2 is 1.28 bits per heavy atom. The Morgan fingerprint density at radius 1 is 0.655 bits per heavy atom. The minimum atomic E-state index is -0.345. The molecule has 0 aliphatic heterocycles. The van der Waals surface area contributed by atoms with Crippen LogP contribution < -0.4 is 4.98 Å². The van der Waals surface area contributed by atoms with Gasteiger partial charge in [-0.2, -0.15) is 0 Å². The second kappa shape index (κ2) is 5.76. The van der Waals surface area contributed by atoms with E-state index in [9.17, 15) is 0 Å². The average Bonchev–Trinajstić information content (AvgIpc) is 3.37. The fraction of sp³-hybridized carbons (Fsp3) is 0.0385. The van der Waals surface area contributed by atoms with Crippen LogP contribution >= 0.6 is 0 Å². The van der Waals surface area contributed by atoms with Crippen LogP contribution in [-0.2, 0) is 25.5 Å². The van der Waals surface area contributed by atoms with Gasteiger partial charge in [-0.1, -0.05) is 78.9 Å². The van der Waals surface area contributed by atoms with Crippen LogP contribution in [0.4, 0.5) is 0 Å². The summed E-state index contributed by atoms with van der Waals surface area (Å²) in [6.45, 7) is 0. The van der Waals surface area contributed by atoms with Crippen LogP contribution in [0.5, 0.6) is 0 Å². The summed E-state index contributed by atoms with van der Waals surface area (Å²) in [7, 11) is 0. The second-order valence-electron chi connectivity index (χ2n) is 7.59. The van der Waals surface area contributed by atoms with Crippen molar-refractivity contribution in [2.45, 2.75) is 5.41 Å². The van der Waals surface area contributed by atoms with Gasteiger partial charge in [0.1, 0.15) is 0 Å². The van der Waals surface area contributed by atoms with Crippen molar-refractivity contribution in [1.29, 1.82) is 0 Å². The smallest absolute Gasteiger partial charge is 0.0728 e. The topological polar surface area (TPSA) is 27.0 Å². The molecule has 0 amide bonds. The maximum atomic E-state index is 5.04. The van der Waals surface area contributed by atoms with Gasteiger partial charge in [-0.15, -0.1) is 11.2 Å². The number of rotatable bonds is 0. The summed E-state index contributed by atoms with van der Waals surface area (Å²) >= 11 is 0. The van der Waals surface area contributed by atoms with Crippen molar-refractivity contribution in [3.8, 4) is 22.5 Å². The Bertz CT molecular complexity index is 1380. The van der Waals surface area contributed by atoms with E-state index in [2.05, 4.69) is 84.9 Å². The van der Waals surface area contributed by atoms with Gasteiger partial charge in [-0.05, 0) is 44.8 Å². The van der Waals surface area contributed by atoms with Crippen molar-refractivity contribution >= 4 is 10.9 Å². The van der Waals surface area contributed by atoms with Crippen LogP contribution in [-0.4, -0.2) is 4.98 Å². The third-order valence-corrected chi connectivity index (χ3v) is 6.41. The van der Waals surface area contributed by atoms with Crippen LogP contribution in [0.25, 0.3) is 33.4 Å². The number of fused-ring (bicyclic) bond motifs is 12. The van der Waals surface area contributed by atoms with Crippen LogP contribution in [0.1, 0.15) is 22.3 Å². The molecule has 0 bridgehead atoms. The summed E-state index contributed by atoms with van der Waals surface area (Å²) in [4.78, 5) is 9.84. The van der Waals surface area contributed by atoms with E-state index in [0.29, 0.717) is 0 Å². The van der Waals surface area contributed by atoms with Crippen molar-refractivity contribution in [3.05, 3.63) is 113 Å². The van der Waals surface area contributed by atoms with Crippen LogP contribution in [0.15, 0.2) is 91.1 Å². The largest absolute Gasteiger partial charge is 0.655 e. The van der Waals surface area contributed by atoms with Gasteiger partial charge in [0.25, 0.3) is 0 Å². The van der Waals surface area contributed by atoms with Gasteiger partial charge in [-0.3, -0.25) is 4.98 Å². The zero-order valence-corrected chi connectivity index (χ0v) is 17.8. The van der Waals surface area contributed by atoms with Crippen molar-refractivity contribution in [2.24, 2.45) is 0 Å². The molecule has 3 aromatic carbocycles. The van der Waals surface area contributed by atoms with E-state index in [0.717, 1.165) is 16.9 Å². The molecule has 2 aromatic heterocycles. The van der Waals surface area contributed by atoms with Crippen LogP contribution in [0.2, 0.25) is 0 Å². The molecule has 0 N–H and O–H groups in total. The molecule has 3 heteroatoms. The van der Waals surface area contributed by atoms with Crippen LogP contribution in [0.3, 0.4) is 0 Å². The van der Waals surface area contributed by atoms with E-state index >= 15 is 0 Å². The van der Waals surface area contributed by atoms with E-state index in [4.69, 9.17) is 9.97 Å². The first kappa shape index (κ1) is 16.9. The van der Waals surface area contributed by atoms with E-state index in [1.807, 2.05) is 6.20 Å². The van der Waals surface area contributed by atoms with Crippen molar-refractivity contribution in [1.82, 2.24) is 9.97 Å². The molecule has 1 spiro atoms. The predicted octanol–water partition coefficient (Wildman–Crippen LogP) is 5.53. The number of nitrogens with zero attached hydrogens (tertiary/aromatic N) is 2. The molecular weight excluding hydrogens is 533 g/mol. The molecule has 0 atom stereocenters. The molecule has 1 radical (unpaired) electrons. The summed E-state index contributed by atoms with van der Waals surface area (Å²) in [6, 6.07) is 30.4. The number of hydrogen-bond donors (Lipinski definition) is 0. The molecule has 0 fully saturated rings. The molecule has 7 rings (SSSR count).